The third kappa shape index (κ3) is 17.5. The smallest absolute Gasteiger partial charge is 0.0820 e. The Morgan fingerprint density at radius 3 is 0.589 bits per heavy atom. The maximum atomic E-state index is 4.92. The fourth-order valence-corrected chi connectivity index (χ4v) is 8.75. The molecule has 0 N–H and O–H groups in total. The van der Waals surface area contributed by atoms with Crippen molar-refractivity contribution < 1.29 is 0 Å². The van der Waals surface area contributed by atoms with Gasteiger partial charge < -0.3 is 0 Å². The SMILES string of the molecule is CC(C)c1cccc(C(C)C)c1N=Cc1cccc(C=Nc2c(C(C)C)cccc2C(C)C)n1.CC(C)c1cccc(C(C)C)c1N=Cc1cccc(C=Nc2c(C(C)C)cccc2C(C)C)n1.CCCCC. The largest absolute Gasteiger partial charge is 0.254 e. The number of para-hydroxylation sites is 4. The molecule has 2 aromatic heterocycles. The number of rotatable bonds is 18. The van der Waals surface area contributed by atoms with Gasteiger partial charge in [0.05, 0.1) is 70.4 Å². The van der Waals surface area contributed by atoms with Crippen molar-refractivity contribution in [2.45, 2.75) is 191 Å². The first-order chi connectivity index (χ1) is 34.8. The third-order valence-electron chi connectivity index (χ3n) is 13.0. The molecule has 0 spiro atoms. The van der Waals surface area contributed by atoms with E-state index in [-0.39, 0.29) is 0 Å². The van der Waals surface area contributed by atoms with Crippen molar-refractivity contribution >= 4 is 47.6 Å². The van der Waals surface area contributed by atoms with Gasteiger partial charge in [0.15, 0.2) is 0 Å². The van der Waals surface area contributed by atoms with Gasteiger partial charge >= 0.3 is 0 Å². The highest BCUT2D eigenvalue weighted by Crippen LogP contribution is 2.38. The Morgan fingerprint density at radius 2 is 0.452 bits per heavy atom. The van der Waals surface area contributed by atoms with E-state index in [1.54, 1.807) is 0 Å². The molecule has 0 saturated carbocycles. The molecule has 0 bridgehead atoms. The predicted octanol–water partition coefficient (Wildman–Crippen LogP) is 20.3. The molecule has 388 valence electrons. The van der Waals surface area contributed by atoms with Crippen LogP contribution in [0.2, 0.25) is 0 Å². The normalized spacial score (nSPS) is 12.1. The molecule has 6 rings (SSSR count). The van der Waals surface area contributed by atoms with Crippen LogP contribution in [0, 0.1) is 0 Å². The van der Waals surface area contributed by atoms with E-state index >= 15 is 0 Å². The van der Waals surface area contributed by atoms with Crippen molar-refractivity contribution in [3.63, 3.8) is 0 Å². The molecular weight excluding hydrogens is 889 g/mol. The molecule has 6 heteroatoms. The van der Waals surface area contributed by atoms with Crippen LogP contribution >= 0.6 is 0 Å². The number of aromatic nitrogens is 2. The van der Waals surface area contributed by atoms with Gasteiger partial charge in [0.25, 0.3) is 0 Å². The Bertz CT molecular complexity index is 2290. The molecule has 6 nitrogen and oxygen atoms in total. The molecule has 0 saturated heterocycles. The monoisotopic (exact) mass is 979 g/mol. The quantitative estimate of drug-likeness (QED) is 0.0805. The van der Waals surface area contributed by atoms with E-state index in [2.05, 4.69) is 197 Å². The van der Waals surface area contributed by atoms with E-state index in [1.165, 1.54) is 63.8 Å². The Morgan fingerprint density at radius 1 is 0.288 bits per heavy atom. The summed E-state index contributed by atoms with van der Waals surface area (Å²) in [7, 11) is 0. The summed E-state index contributed by atoms with van der Waals surface area (Å²) in [6.45, 7) is 39.9. The minimum atomic E-state index is 0.411. The number of aliphatic imine (C=N–C) groups is 4. The zero-order valence-corrected chi connectivity index (χ0v) is 48.1. The Balaban J connectivity index is 0.000000290. The van der Waals surface area contributed by atoms with Crippen molar-refractivity contribution in [3.8, 4) is 0 Å². The van der Waals surface area contributed by atoms with Crippen molar-refractivity contribution in [2.75, 3.05) is 0 Å². The van der Waals surface area contributed by atoms with E-state index < -0.39 is 0 Å². The van der Waals surface area contributed by atoms with E-state index in [4.69, 9.17) is 29.9 Å². The summed E-state index contributed by atoms with van der Waals surface area (Å²) in [6.07, 6.45) is 11.6. The lowest BCUT2D eigenvalue weighted by atomic mass is 9.93. The minimum absolute atomic E-state index is 0.411. The summed E-state index contributed by atoms with van der Waals surface area (Å²) in [5.74, 6) is 3.28. The first kappa shape index (κ1) is 59.4. The average Bonchev–Trinajstić information content (AvgIpc) is 3.36. The Labute approximate surface area is 443 Å². The molecule has 73 heavy (non-hydrogen) atoms. The number of pyridine rings is 2. The molecule has 0 aliphatic carbocycles. The van der Waals surface area contributed by atoms with Gasteiger partial charge in [-0.1, -0.05) is 229 Å². The van der Waals surface area contributed by atoms with Gasteiger partial charge in [-0.2, -0.15) is 0 Å². The summed E-state index contributed by atoms with van der Waals surface area (Å²) >= 11 is 0. The molecule has 6 aromatic rings. The van der Waals surface area contributed by atoms with Crippen LogP contribution in [0.15, 0.2) is 129 Å². The first-order valence-electron chi connectivity index (χ1n) is 27.4. The highest BCUT2D eigenvalue weighted by atomic mass is 14.8. The predicted molar refractivity (Wildman–Crippen MR) is 321 cm³/mol. The molecule has 0 aliphatic rings. The second-order valence-electron chi connectivity index (χ2n) is 21.7. The van der Waals surface area contributed by atoms with E-state index in [0.717, 1.165) is 45.5 Å². The summed E-state index contributed by atoms with van der Waals surface area (Å²) < 4.78 is 0. The van der Waals surface area contributed by atoms with Crippen molar-refractivity contribution in [2.24, 2.45) is 20.0 Å². The van der Waals surface area contributed by atoms with Crippen molar-refractivity contribution in [3.05, 3.63) is 176 Å². The summed E-state index contributed by atoms with van der Waals surface area (Å²) in [4.78, 5) is 29.3. The lowest BCUT2D eigenvalue weighted by Crippen LogP contribution is -1.98. The number of nitrogens with zero attached hydrogens (tertiary/aromatic N) is 6. The van der Waals surface area contributed by atoms with E-state index in [0.29, 0.717) is 47.3 Å². The van der Waals surface area contributed by atoms with Crippen LogP contribution in [-0.2, 0) is 0 Å². The van der Waals surface area contributed by atoms with Gasteiger partial charge in [-0.3, -0.25) is 20.0 Å². The Kier molecular flexibility index (Phi) is 24.0. The summed E-state index contributed by atoms with van der Waals surface area (Å²) in [5, 5.41) is 0. The van der Waals surface area contributed by atoms with Crippen LogP contribution in [0.25, 0.3) is 0 Å². The van der Waals surface area contributed by atoms with Crippen molar-refractivity contribution in [1.29, 1.82) is 0 Å². The van der Waals surface area contributed by atoms with Crippen LogP contribution in [0.3, 0.4) is 0 Å². The lowest BCUT2D eigenvalue weighted by molar-refractivity contribution is 0.772. The molecular formula is C67H90N6. The highest BCUT2D eigenvalue weighted by Gasteiger charge is 2.17. The van der Waals surface area contributed by atoms with Gasteiger partial charge in [0.1, 0.15) is 0 Å². The average molecular weight is 979 g/mol. The molecule has 0 atom stereocenters. The number of unbranched alkanes of at least 4 members (excludes halogenated alkanes) is 2. The summed E-state index contributed by atoms with van der Waals surface area (Å²) in [5.41, 5.74) is 17.8. The van der Waals surface area contributed by atoms with E-state index in [9.17, 15) is 0 Å². The molecule has 0 unspecified atom stereocenters. The first-order valence-corrected chi connectivity index (χ1v) is 27.4. The van der Waals surface area contributed by atoms with Crippen LogP contribution in [0.4, 0.5) is 22.7 Å². The third-order valence-corrected chi connectivity index (χ3v) is 13.0. The van der Waals surface area contributed by atoms with Crippen LogP contribution in [0.5, 0.6) is 0 Å². The van der Waals surface area contributed by atoms with Gasteiger partial charge in [-0.25, -0.2) is 9.97 Å². The topological polar surface area (TPSA) is 75.2 Å². The standard InChI is InChI=1S/2C31H39N3.C5H12/c2*1-20(2)26-14-10-15-27(21(3)4)30(26)32-18-24-12-9-13-25(34-24)19-33-31-28(22(5)6)16-11-17-29(31)23(7)8;1-3-5-4-2/h2*9-23H,1-8H3;3-5H2,1-2H3. The fourth-order valence-electron chi connectivity index (χ4n) is 8.75. The van der Waals surface area contributed by atoms with Crippen LogP contribution in [0.1, 0.15) is 259 Å². The molecule has 2 heterocycles. The lowest BCUT2D eigenvalue weighted by Gasteiger charge is -2.16. The summed E-state index contributed by atoms with van der Waals surface area (Å²) in [6, 6.07) is 38.0. The minimum Gasteiger partial charge on any atom is -0.254 e. The maximum Gasteiger partial charge on any atom is 0.0820 e. The van der Waals surface area contributed by atoms with Gasteiger partial charge in [-0.15, -0.1) is 0 Å². The zero-order valence-electron chi connectivity index (χ0n) is 48.1. The zero-order chi connectivity index (χ0) is 53.8. The Hall–Kier alpha value is -6.14. The number of hydrogen-bond acceptors (Lipinski definition) is 6. The molecule has 0 amide bonds. The molecule has 0 fully saturated rings. The van der Waals surface area contributed by atoms with Crippen LogP contribution in [-0.4, -0.2) is 34.8 Å². The van der Waals surface area contributed by atoms with Crippen molar-refractivity contribution in [1.82, 2.24) is 9.97 Å². The van der Waals surface area contributed by atoms with Gasteiger partial charge in [-0.05, 0) is 116 Å². The molecule has 4 aromatic carbocycles. The second kappa shape index (κ2) is 29.5. The maximum absolute atomic E-state index is 4.92. The molecule has 0 radical (unpaired) electrons. The highest BCUT2D eigenvalue weighted by molar-refractivity contribution is 5.86. The van der Waals surface area contributed by atoms with Gasteiger partial charge in [0, 0.05) is 0 Å². The number of benzene rings is 4. The van der Waals surface area contributed by atoms with Gasteiger partial charge in [0.2, 0.25) is 0 Å². The second-order valence-corrected chi connectivity index (χ2v) is 21.7. The molecule has 0 aliphatic heterocycles. The van der Waals surface area contributed by atoms with Crippen LogP contribution < -0.4 is 0 Å². The fraction of sp³-hybridized carbons (Fsp3) is 0.433. The number of hydrogen-bond donors (Lipinski definition) is 0. The van der Waals surface area contributed by atoms with E-state index in [1.807, 2.05) is 61.3 Å².